The monoisotopic (exact) mass is 286 g/mol. The molecule has 2 aromatic rings. The van der Waals surface area contributed by atoms with Crippen molar-refractivity contribution in [2.24, 2.45) is 5.92 Å². The molecule has 1 N–H and O–H groups in total. The summed E-state index contributed by atoms with van der Waals surface area (Å²) in [4.78, 5) is 17.1. The van der Waals surface area contributed by atoms with Gasteiger partial charge in [-0.05, 0) is 30.7 Å². The van der Waals surface area contributed by atoms with Crippen LogP contribution in [0.5, 0.6) is 0 Å². The Morgan fingerprint density at radius 3 is 3.20 bits per heavy atom. The van der Waals surface area contributed by atoms with E-state index in [2.05, 4.69) is 23.3 Å². The second-order valence-electron chi connectivity index (χ2n) is 5.07. The van der Waals surface area contributed by atoms with Gasteiger partial charge in [0, 0.05) is 17.3 Å². The lowest BCUT2D eigenvalue weighted by molar-refractivity contribution is 0.253. The largest absolute Gasteiger partial charge is 0.331 e. The van der Waals surface area contributed by atoms with Crippen molar-refractivity contribution in [2.45, 2.75) is 26.2 Å². The van der Waals surface area contributed by atoms with E-state index in [1.54, 1.807) is 12.4 Å². The lowest BCUT2D eigenvalue weighted by Gasteiger charge is -2.17. The van der Waals surface area contributed by atoms with Gasteiger partial charge in [0.25, 0.3) is 0 Å². The van der Waals surface area contributed by atoms with Gasteiger partial charge in [-0.1, -0.05) is 6.92 Å². The molecule has 20 heavy (non-hydrogen) atoms. The van der Waals surface area contributed by atoms with Gasteiger partial charge in [0.2, 0.25) is 0 Å². The summed E-state index contributed by atoms with van der Waals surface area (Å²) in [6.07, 6.45) is 7.60. The Morgan fingerprint density at radius 2 is 2.50 bits per heavy atom. The van der Waals surface area contributed by atoms with Crippen LogP contribution in [-0.4, -0.2) is 15.6 Å². The minimum atomic E-state index is -0.286. The predicted molar refractivity (Wildman–Crippen MR) is 76.9 cm³/mol. The Morgan fingerprint density at radius 1 is 1.65 bits per heavy atom. The summed E-state index contributed by atoms with van der Waals surface area (Å²) in [7, 11) is 0. The van der Waals surface area contributed by atoms with E-state index in [0.29, 0.717) is 16.5 Å². The summed E-state index contributed by atoms with van der Waals surface area (Å²) in [6, 6.07) is 1.95. The Kier molecular flexibility index (Phi) is 3.28. The molecule has 6 heteroatoms. The molecular formula is C14H14N4OS. The molecule has 0 saturated carbocycles. The molecule has 1 aliphatic carbocycles. The van der Waals surface area contributed by atoms with E-state index in [9.17, 15) is 10.1 Å². The third kappa shape index (κ3) is 2.21. The van der Waals surface area contributed by atoms with Gasteiger partial charge in [-0.25, -0.2) is 9.78 Å². The van der Waals surface area contributed by atoms with Crippen LogP contribution in [0.15, 0.2) is 18.7 Å². The third-order valence-corrected chi connectivity index (χ3v) is 4.75. The number of anilines is 1. The van der Waals surface area contributed by atoms with E-state index in [1.807, 2.05) is 0 Å². The third-order valence-electron chi connectivity index (χ3n) is 3.58. The van der Waals surface area contributed by atoms with Crippen molar-refractivity contribution in [1.29, 1.82) is 5.26 Å². The van der Waals surface area contributed by atoms with E-state index in [4.69, 9.17) is 0 Å². The van der Waals surface area contributed by atoms with Crippen LogP contribution in [0.1, 0.15) is 29.3 Å². The number of carbonyl (C=O) groups is 1. The van der Waals surface area contributed by atoms with Gasteiger partial charge < -0.3 is 0 Å². The highest BCUT2D eigenvalue weighted by Crippen LogP contribution is 2.39. The maximum absolute atomic E-state index is 12.0. The number of hydrogen-bond acceptors (Lipinski definition) is 4. The molecule has 1 unspecified atom stereocenters. The standard InChI is InChI=1S/C14H14N4OS/c1-9-2-3-10-11(7-15)13(20-12(10)6-9)17-14(19)18-5-4-16-8-18/h4-5,8-9H,2-3,6H2,1H3,(H,17,19). The number of thiophene rings is 1. The van der Waals surface area contributed by atoms with Crippen LogP contribution in [-0.2, 0) is 12.8 Å². The van der Waals surface area contributed by atoms with Gasteiger partial charge in [0.05, 0.1) is 5.56 Å². The molecule has 5 nitrogen and oxygen atoms in total. The smallest absolute Gasteiger partial charge is 0.297 e. The molecule has 3 rings (SSSR count). The second kappa shape index (κ2) is 5.10. The zero-order valence-electron chi connectivity index (χ0n) is 11.1. The Balaban J connectivity index is 1.91. The number of carbonyl (C=O) groups excluding carboxylic acids is 1. The Hall–Kier alpha value is -2.13. The Bertz CT molecular complexity index is 681. The minimum Gasteiger partial charge on any atom is -0.297 e. The molecule has 102 valence electrons. The highest BCUT2D eigenvalue weighted by molar-refractivity contribution is 7.16. The van der Waals surface area contributed by atoms with Crippen LogP contribution in [0.2, 0.25) is 0 Å². The number of imidazole rings is 1. The second-order valence-corrected chi connectivity index (χ2v) is 6.17. The molecule has 0 bridgehead atoms. The highest BCUT2D eigenvalue weighted by atomic mass is 32.1. The van der Waals surface area contributed by atoms with Gasteiger partial charge in [0.15, 0.2) is 0 Å². The maximum Gasteiger partial charge on any atom is 0.331 e. The van der Waals surface area contributed by atoms with Crippen LogP contribution in [0, 0.1) is 17.2 Å². The predicted octanol–water partition coefficient (Wildman–Crippen LogP) is 3.02. The van der Waals surface area contributed by atoms with Gasteiger partial charge in [-0.2, -0.15) is 5.26 Å². The van der Waals surface area contributed by atoms with E-state index >= 15 is 0 Å². The zero-order chi connectivity index (χ0) is 14.1. The van der Waals surface area contributed by atoms with Crippen molar-refractivity contribution < 1.29 is 4.79 Å². The van der Waals surface area contributed by atoms with Crippen LogP contribution in [0.25, 0.3) is 0 Å². The summed E-state index contributed by atoms with van der Waals surface area (Å²) < 4.78 is 1.36. The van der Waals surface area contributed by atoms with Crippen LogP contribution >= 0.6 is 11.3 Å². The number of aromatic nitrogens is 2. The number of hydrogen-bond donors (Lipinski definition) is 1. The van der Waals surface area contributed by atoms with E-state index in [0.717, 1.165) is 24.8 Å². The summed E-state index contributed by atoms with van der Waals surface area (Å²) >= 11 is 1.53. The SMILES string of the molecule is CC1CCc2c(sc(NC(=O)n3ccnc3)c2C#N)C1. The van der Waals surface area contributed by atoms with E-state index in [1.165, 1.54) is 27.1 Å². The van der Waals surface area contributed by atoms with Crippen molar-refractivity contribution in [3.63, 3.8) is 0 Å². The summed E-state index contributed by atoms with van der Waals surface area (Å²) in [5.41, 5.74) is 1.75. The van der Waals surface area contributed by atoms with Crippen molar-refractivity contribution in [1.82, 2.24) is 9.55 Å². The molecule has 1 atom stereocenters. The normalized spacial score (nSPS) is 17.3. The molecule has 1 aliphatic rings. The minimum absolute atomic E-state index is 0.286. The molecular weight excluding hydrogens is 272 g/mol. The first kappa shape index (κ1) is 12.9. The van der Waals surface area contributed by atoms with Crippen molar-refractivity contribution in [3.05, 3.63) is 34.7 Å². The first-order valence-electron chi connectivity index (χ1n) is 6.53. The lowest BCUT2D eigenvalue weighted by Crippen LogP contribution is -2.17. The van der Waals surface area contributed by atoms with Crippen LogP contribution in [0.3, 0.4) is 0 Å². The lowest BCUT2D eigenvalue weighted by atomic mass is 9.89. The van der Waals surface area contributed by atoms with E-state index < -0.39 is 0 Å². The molecule has 2 aromatic heterocycles. The van der Waals surface area contributed by atoms with Crippen molar-refractivity contribution in [2.75, 3.05) is 5.32 Å². The number of nitrogens with one attached hydrogen (secondary N) is 1. The number of nitrogens with zero attached hydrogens (tertiary/aromatic N) is 3. The van der Waals surface area contributed by atoms with Crippen LogP contribution in [0.4, 0.5) is 9.80 Å². The quantitative estimate of drug-likeness (QED) is 0.876. The van der Waals surface area contributed by atoms with Gasteiger partial charge in [-0.15, -0.1) is 11.3 Å². The number of amides is 1. The van der Waals surface area contributed by atoms with Crippen LogP contribution < -0.4 is 5.32 Å². The van der Waals surface area contributed by atoms with E-state index in [-0.39, 0.29) is 6.03 Å². The number of fused-ring (bicyclic) bond motifs is 1. The van der Waals surface area contributed by atoms with Gasteiger partial charge in [0.1, 0.15) is 17.4 Å². The fraction of sp³-hybridized carbons (Fsp3) is 0.357. The summed E-state index contributed by atoms with van der Waals surface area (Å²) in [6.45, 7) is 2.22. The fourth-order valence-corrected chi connectivity index (χ4v) is 3.85. The highest BCUT2D eigenvalue weighted by Gasteiger charge is 2.24. The molecule has 0 fully saturated rings. The summed E-state index contributed by atoms with van der Waals surface area (Å²) in [5.74, 6) is 0.643. The van der Waals surface area contributed by atoms with Gasteiger partial charge in [-0.3, -0.25) is 9.88 Å². The number of rotatable bonds is 1. The topological polar surface area (TPSA) is 70.7 Å². The molecule has 0 saturated heterocycles. The first-order chi connectivity index (χ1) is 9.69. The average molecular weight is 286 g/mol. The van der Waals surface area contributed by atoms with Gasteiger partial charge >= 0.3 is 6.03 Å². The number of nitriles is 1. The average Bonchev–Trinajstić information content (AvgIpc) is 3.04. The molecule has 0 aromatic carbocycles. The van der Waals surface area contributed by atoms with Crippen molar-refractivity contribution in [3.8, 4) is 6.07 Å². The fourth-order valence-electron chi connectivity index (χ4n) is 2.50. The molecule has 0 radical (unpaired) electrons. The zero-order valence-corrected chi connectivity index (χ0v) is 11.9. The Labute approximate surface area is 120 Å². The summed E-state index contributed by atoms with van der Waals surface area (Å²) in [5, 5.41) is 12.8. The molecule has 1 amide bonds. The van der Waals surface area contributed by atoms with Crippen molar-refractivity contribution >= 4 is 22.4 Å². The molecule has 0 aliphatic heterocycles. The maximum atomic E-state index is 12.0. The molecule has 2 heterocycles. The first-order valence-corrected chi connectivity index (χ1v) is 7.34. The molecule has 0 spiro atoms.